The van der Waals surface area contributed by atoms with Gasteiger partial charge in [-0.1, -0.05) is 50.3 Å². The highest BCUT2D eigenvalue weighted by molar-refractivity contribution is 5.67. The third kappa shape index (κ3) is 5.56. The van der Waals surface area contributed by atoms with Crippen molar-refractivity contribution < 1.29 is 9.84 Å². The van der Waals surface area contributed by atoms with Crippen molar-refractivity contribution in [3.63, 3.8) is 0 Å². The Kier molecular flexibility index (Phi) is 7.39. The summed E-state index contributed by atoms with van der Waals surface area (Å²) in [6.45, 7) is 9.16. The van der Waals surface area contributed by atoms with E-state index in [9.17, 15) is 5.11 Å². The topological polar surface area (TPSA) is 68.1 Å². The van der Waals surface area contributed by atoms with Crippen molar-refractivity contribution in [1.29, 1.82) is 0 Å². The summed E-state index contributed by atoms with van der Waals surface area (Å²) in [6, 6.07) is 11.5. The van der Waals surface area contributed by atoms with E-state index >= 15 is 0 Å². The number of phenolic OH excluding ortho intramolecular Hbond substituents is 1. The lowest BCUT2D eigenvalue weighted by Gasteiger charge is -2.16. The van der Waals surface area contributed by atoms with Gasteiger partial charge in [0.1, 0.15) is 17.8 Å². The van der Waals surface area contributed by atoms with Crippen LogP contribution in [-0.4, -0.2) is 26.7 Å². The van der Waals surface area contributed by atoms with Gasteiger partial charge in [0.05, 0.1) is 12.2 Å². The Bertz CT molecular complexity index is 968. The van der Waals surface area contributed by atoms with Crippen molar-refractivity contribution in [1.82, 2.24) is 15.0 Å². The molecule has 0 aliphatic rings. The van der Waals surface area contributed by atoms with E-state index in [2.05, 4.69) is 48.7 Å². The first-order valence-corrected chi connectivity index (χ1v) is 10.7. The summed E-state index contributed by atoms with van der Waals surface area (Å²) in [6.07, 6.45) is 6.16. The Balaban J connectivity index is 1.78. The maximum atomic E-state index is 10.6. The lowest BCUT2D eigenvalue weighted by Crippen LogP contribution is -2.11. The van der Waals surface area contributed by atoms with Crippen molar-refractivity contribution in [2.24, 2.45) is 5.92 Å². The lowest BCUT2D eigenvalue weighted by atomic mass is 10.0. The number of hydrogen-bond donors (Lipinski definition) is 1. The molecular weight excluding hydrogens is 374 g/mol. The second-order valence-corrected chi connectivity index (χ2v) is 7.92. The molecule has 3 aromatic rings. The molecule has 0 aliphatic heterocycles. The van der Waals surface area contributed by atoms with Gasteiger partial charge >= 0.3 is 0 Å². The van der Waals surface area contributed by atoms with E-state index in [4.69, 9.17) is 4.74 Å². The number of aryl methyl sites for hydroxylation is 2. The van der Waals surface area contributed by atoms with Crippen LogP contribution in [0.25, 0.3) is 22.8 Å². The van der Waals surface area contributed by atoms with E-state index in [1.54, 1.807) is 12.1 Å². The molecule has 3 rings (SSSR count). The highest BCUT2D eigenvalue weighted by Crippen LogP contribution is 2.31. The molecule has 0 amide bonds. The summed E-state index contributed by atoms with van der Waals surface area (Å²) >= 11 is 0. The van der Waals surface area contributed by atoms with E-state index in [0.29, 0.717) is 35.5 Å². The molecule has 0 bridgehead atoms. The molecule has 0 saturated carbocycles. The fraction of sp³-hybridized carbons (Fsp3) is 0.400. The Hall–Kier alpha value is -2.95. The van der Waals surface area contributed by atoms with Gasteiger partial charge in [0.25, 0.3) is 0 Å². The van der Waals surface area contributed by atoms with Crippen molar-refractivity contribution in [3.8, 4) is 34.3 Å². The number of nitrogens with zero attached hydrogens (tertiary/aromatic N) is 3. The van der Waals surface area contributed by atoms with Crippen LogP contribution < -0.4 is 4.74 Å². The Morgan fingerprint density at radius 3 is 2.37 bits per heavy atom. The number of phenols is 1. The molecule has 1 heterocycles. The smallest absolute Gasteiger partial charge is 0.167 e. The minimum Gasteiger partial charge on any atom is -0.507 e. The van der Waals surface area contributed by atoms with Crippen LogP contribution in [0, 0.1) is 19.8 Å². The summed E-state index contributed by atoms with van der Waals surface area (Å²) in [7, 11) is 0. The number of rotatable bonds is 9. The number of unbranched alkanes of at least 4 members (excludes halogenated alkanes) is 1. The molecule has 1 unspecified atom stereocenters. The van der Waals surface area contributed by atoms with Crippen LogP contribution in [0.2, 0.25) is 0 Å². The zero-order valence-electron chi connectivity index (χ0n) is 18.4. The van der Waals surface area contributed by atoms with Crippen LogP contribution in [0.5, 0.6) is 11.5 Å². The first kappa shape index (κ1) is 21.8. The largest absolute Gasteiger partial charge is 0.507 e. The fourth-order valence-electron chi connectivity index (χ4n) is 3.57. The molecule has 1 aromatic heterocycles. The Labute approximate surface area is 179 Å². The van der Waals surface area contributed by atoms with Gasteiger partial charge in [-0.05, 0) is 50.5 Å². The Morgan fingerprint density at radius 1 is 0.967 bits per heavy atom. The lowest BCUT2D eigenvalue weighted by molar-refractivity contribution is 0.232. The minimum atomic E-state index is 0.103. The molecule has 1 N–H and O–H groups in total. The van der Waals surface area contributed by atoms with Crippen LogP contribution in [0.1, 0.15) is 50.7 Å². The summed E-state index contributed by atoms with van der Waals surface area (Å²) in [5.74, 6) is 2.34. The van der Waals surface area contributed by atoms with Gasteiger partial charge in [0.15, 0.2) is 11.6 Å². The van der Waals surface area contributed by atoms with Crippen LogP contribution in [0.15, 0.2) is 42.7 Å². The normalized spacial score (nSPS) is 12.0. The molecular formula is C25H31N3O2. The van der Waals surface area contributed by atoms with Gasteiger partial charge in [-0.3, -0.25) is 0 Å². The molecule has 0 spiro atoms. The number of aromatic hydroxyl groups is 1. The molecule has 5 nitrogen and oxygen atoms in total. The maximum Gasteiger partial charge on any atom is 0.167 e. The number of hydrogen-bond acceptors (Lipinski definition) is 5. The third-order valence-electron chi connectivity index (χ3n) is 5.29. The second-order valence-electron chi connectivity index (χ2n) is 7.92. The average molecular weight is 406 g/mol. The van der Waals surface area contributed by atoms with Crippen LogP contribution in [0.3, 0.4) is 0 Å². The van der Waals surface area contributed by atoms with Crippen LogP contribution in [-0.2, 0) is 0 Å². The van der Waals surface area contributed by atoms with E-state index in [1.807, 2.05) is 18.2 Å². The van der Waals surface area contributed by atoms with Gasteiger partial charge in [0.2, 0.25) is 0 Å². The van der Waals surface area contributed by atoms with E-state index in [1.165, 1.54) is 25.6 Å². The van der Waals surface area contributed by atoms with Gasteiger partial charge in [-0.15, -0.1) is 0 Å². The summed E-state index contributed by atoms with van der Waals surface area (Å²) in [4.78, 5) is 13.2. The summed E-state index contributed by atoms with van der Waals surface area (Å²) in [5, 5.41) is 10.6. The molecule has 30 heavy (non-hydrogen) atoms. The highest BCUT2D eigenvalue weighted by atomic mass is 16.5. The fourth-order valence-corrected chi connectivity index (χ4v) is 3.57. The molecule has 1 atom stereocenters. The third-order valence-corrected chi connectivity index (χ3v) is 5.29. The average Bonchev–Trinajstić information content (AvgIpc) is 2.73. The molecule has 2 aromatic carbocycles. The van der Waals surface area contributed by atoms with Crippen molar-refractivity contribution >= 4 is 0 Å². The highest BCUT2D eigenvalue weighted by Gasteiger charge is 2.13. The molecule has 5 heteroatoms. The molecule has 0 saturated heterocycles. The summed E-state index contributed by atoms with van der Waals surface area (Å²) < 4.78 is 5.93. The monoisotopic (exact) mass is 405 g/mol. The van der Waals surface area contributed by atoms with Crippen LogP contribution >= 0.6 is 0 Å². The summed E-state index contributed by atoms with van der Waals surface area (Å²) in [5.41, 5.74) is 3.81. The molecule has 158 valence electrons. The SMILES string of the molecule is CCCCC(CC)COc1ccc(-c2ncnc(-c3cc(C)cc(C)c3)n2)c(O)c1. The second kappa shape index (κ2) is 10.2. The standard InChI is InChI=1S/C25H31N3O2/c1-5-7-8-19(6-2)15-30-21-9-10-22(23(29)14-21)25-27-16-26-24(28-25)20-12-17(3)11-18(4)13-20/h9-14,16,19,29H,5-8,15H2,1-4H3. The van der Waals surface area contributed by atoms with Gasteiger partial charge < -0.3 is 9.84 Å². The first-order chi connectivity index (χ1) is 14.5. The van der Waals surface area contributed by atoms with Gasteiger partial charge in [-0.25, -0.2) is 15.0 Å². The quantitative estimate of drug-likeness (QED) is 0.464. The van der Waals surface area contributed by atoms with E-state index in [0.717, 1.165) is 23.1 Å². The van der Waals surface area contributed by atoms with E-state index < -0.39 is 0 Å². The maximum absolute atomic E-state index is 10.6. The minimum absolute atomic E-state index is 0.103. The number of ether oxygens (including phenoxy) is 1. The zero-order valence-corrected chi connectivity index (χ0v) is 18.4. The zero-order chi connectivity index (χ0) is 21.5. The van der Waals surface area contributed by atoms with Crippen LogP contribution in [0.4, 0.5) is 0 Å². The first-order valence-electron chi connectivity index (χ1n) is 10.7. The molecule has 0 fully saturated rings. The van der Waals surface area contributed by atoms with Crippen molar-refractivity contribution in [3.05, 3.63) is 53.9 Å². The van der Waals surface area contributed by atoms with Crippen molar-refractivity contribution in [2.75, 3.05) is 6.61 Å². The predicted molar refractivity (Wildman–Crippen MR) is 121 cm³/mol. The molecule has 0 aliphatic carbocycles. The van der Waals surface area contributed by atoms with Gasteiger partial charge in [-0.2, -0.15) is 0 Å². The van der Waals surface area contributed by atoms with Crippen molar-refractivity contribution in [2.45, 2.75) is 53.4 Å². The van der Waals surface area contributed by atoms with E-state index in [-0.39, 0.29) is 5.75 Å². The Morgan fingerprint density at radius 2 is 1.70 bits per heavy atom. The predicted octanol–water partition coefficient (Wildman–Crippen LogP) is 6.12. The molecule has 0 radical (unpaired) electrons. The van der Waals surface area contributed by atoms with Gasteiger partial charge in [0, 0.05) is 11.6 Å². The number of aromatic nitrogens is 3. The number of benzene rings is 2.